The molecular formula is C16H17NO5. The van der Waals surface area contributed by atoms with E-state index in [-0.39, 0.29) is 17.4 Å². The van der Waals surface area contributed by atoms with E-state index in [1.54, 1.807) is 12.1 Å². The Morgan fingerprint density at radius 3 is 2.18 bits per heavy atom. The lowest BCUT2D eigenvalue weighted by Gasteiger charge is -2.27. The Bertz CT molecular complexity index is 597. The number of carboxylic acid groups (broad SMARTS) is 1. The highest BCUT2D eigenvalue weighted by Crippen LogP contribution is 2.36. The van der Waals surface area contributed by atoms with Gasteiger partial charge in [0.2, 0.25) is 0 Å². The Labute approximate surface area is 127 Å². The van der Waals surface area contributed by atoms with Gasteiger partial charge in [0.25, 0.3) is 5.69 Å². The van der Waals surface area contributed by atoms with Gasteiger partial charge < -0.3 is 5.11 Å². The average Bonchev–Trinajstić information content (AvgIpc) is 2.53. The number of non-ortho nitro benzene ring substituents is 1. The molecule has 0 aromatic heterocycles. The monoisotopic (exact) mass is 303 g/mol. The topological polar surface area (TPSA) is 97.5 Å². The van der Waals surface area contributed by atoms with Crippen LogP contribution < -0.4 is 0 Å². The van der Waals surface area contributed by atoms with Gasteiger partial charge in [0, 0.05) is 24.1 Å². The summed E-state index contributed by atoms with van der Waals surface area (Å²) < 4.78 is 0. The first-order chi connectivity index (χ1) is 10.5. The number of rotatable bonds is 5. The molecule has 1 N–H and O–H groups in total. The smallest absolute Gasteiger partial charge is 0.328 e. The summed E-state index contributed by atoms with van der Waals surface area (Å²) in [6, 6.07) is 6.55. The van der Waals surface area contributed by atoms with Gasteiger partial charge in [0.1, 0.15) is 0 Å². The van der Waals surface area contributed by atoms with Crippen molar-refractivity contribution in [3.05, 3.63) is 52.1 Å². The van der Waals surface area contributed by atoms with Crippen molar-refractivity contribution in [3.8, 4) is 0 Å². The molecule has 6 heteroatoms. The van der Waals surface area contributed by atoms with E-state index < -0.39 is 10.9 Å². The molecule has 22 heavy (non-hydrogen) atoms. The lowest BCUT2D eigenvalue weighted by molar-refractivity contribution is -0.384. The van der Waals surface area contributed by atoms with E-state index in [2.05, 4.69) is 0 Å². The molecule has 0 unspecified atom stereocenters. The van der Waals surface area contributed by atoms with E-state index in [4.69, 9.17) is 5.11 Å². The molecule has 6 nitrogen and oxygen atoms in total. The predicted molar refractivity (Wildman–Crippen MR) is 79.6 cm³/mol. The first kappa shape index (κ1) is 15.9. The van der Waals surface area contributed by atoms with Gasteiger partial charge in [0.15, 0.2) is 5.78 Å². The van der Waals surface area contributed by atoms with Crippen LogP contribution >= 0.6 is 0 Å². The zero-order valence-corrected chi connectivity index (χ0v) is 12.0. The normalized spacial score (nSPS) is 21.6. The molecule has 1 fully saturated rings. The summed E-state index contributed by atoms with van der Waals surface area (Å²) in [5.74, 6) is -1.07. The molecule has 116 valence electrons. The fourth-order valence-corrected chi connectivity index (χ4v) is 2.87. The summed E-state index contributed by atoms with van der Waals surface area (Å²) in [7, 11) is 0. The highest BCUT2D eigenvalue weighted by Gasteiger charge is 2.26. The second-order valence-electron chi connectivity index (χ2n) is 5.47. The Hall–Kier alpha value is -2.50. The molecule has 0 saturated heterocycles. The van der Waals surface area contributed by atoms with E-state index in [9.17, 15) is 19.7 Å². The highest BCUT2D eigenvalue weighted by atomic mass is 16.6. The van der Waals surface area contributed by atoms with E-state index in [1.165, 1.54) is 12.1 Å². The molecule has 1 aliphatic carbocycles. The van der Waals surface area contributed by atoms with Crippen molar-refractivity contribution in [3.63, 3.8) is 0 Å². The van der Waals surface area contributed by atoms with Crippen molar-refractivity contribution in [2.75, 3.05) is 0 Å². The summed E-state index contributed by atoms with van der Waals surface area (Å²) in [6.45, 7) is 0. The number of nitro groups is 1. The summed E-state index contributed by atoms with van der Waals surface area (Å²) >= 11 is 0. The van der Waals surface area contributed by atoms with Gasteiger partial charge in [0.05, 0.1) is 4.92 Å². The Morgan fingerprint density at radius 1 is 1.09 bits per heavy atom. The van der Waals surface area contributed by atoms with Gasteiger partial charge in [-0.15, -0.1) is 0 Å². The van der Waals surface area contributed by atoms with Gasteiger partial charge in [-0.3, -0.25) is 14.9 Å². The molecule has 0 radical (unpaired) electrons. The number of allylic oxidation sites excluding steroid dienone is 1. The first-order valence-corrected chi connectivity index (χ1v) is 7.16. The number of carbonyl (C=O) groups excluding carboxylic acids is 1. The summed E-state index contributed by atoms with van der Waals surface area (Å²) in [5.41, 5.74) is 1.13. The quantitative estimate of drug-likeness (QED) is 0.512. The number of nitrogens with zero attached hydrogens (tertiary/aromatic N) is 1. The van der Waals surface area contributed by atoms with Gasteiger partial charge in [-0.05, 0) is 43.2 Å². The highest BCUT2D eigenvalue weighted by molar-refractivity contribution is 5.96. The molecule has 0 amide bonds. The lowest BCUT2D eigenvalue weighted by atomic mass is 9.77. The van der Waals surface area contributed by atoms with Crippen molar-refractivity contribution < 1.29 is 19.6 Å². The molecule has 1 aromatic rings. The van der Waals surface area contributed by atoms with E-state index >= 15 is 0 Å². The van der Waals surface area contributed by atoms with Crippen molar-refractivity contribution in [2.24, 2.45) is 5.92 Å². The third-order valence-corrected chi connectivity index (χ3v) is 4.10. The van der Waals surface area contributed by atoms with E-state index in [1.807, 2.05) is 0 Å². The van der Waals surface area contributed by atoms with Crippen LogP contribution in [0.5, 0.6) is 0 Å². The number of aliphatic carboxylic acids is 1. The van der Waals surface area contributed by atoms with Crippen LogP contribution in [0.1, 0.15) is 37.2 Å². The molecule has 0 heterocycles. The third kappa shape index (κ3) is 4.00. The fraction of sp³-hybridized carbons (Fsp3) is 0.375. The largest absolute Gasteiger partial charge is 0.478 e. The number of nitro benzene ring substituents is 1. The zero-order valence-electron chi connectivity index (χ0n) is 12.0. The molecule has 1 aliphatic rings. The molecule has 0 spiro atoms. The second-order valence-corrected chi connectivity index (χ2v) is 5.47. The van der Waals surface area contributed by atoms with E-state index in [0.29, 0.717) is 18.8 Å². The first-order valence-electron chi connectivity index (χ1n) is 7.16. The zero-order chi connectivity index (χ0) is 16.1. The van der Waals surface area contributed by atoms with Gasteiger partial charge in [-0.1, -0.05) is 12.1 Å². The van der Waals surface area contributed by atoms with E-state index in [0.717, 1.165) is 30.6 Å². The lowest BCUT2D eigenvalue weighted by Crippen LogP contribution is -2.20. The number of hydrogen-bond acceptors (Lipinski definition) is 4. The molecule has 2 rings (SSSR count). The molecule has 0 aliphatic heterocycles. The number of benzene rings is 1. The van der Waals surface area contributed by atoms with Gasteiger partial charge in [-0.25, -0.2) is 4.79 Å². The van der Waals surface area contributed by atoms with Crippen molar-refractivity contribution in [1.29, 1.82) is 0 Å². The Kier molecular flexibility index (Phi) is 5.04. The van der Waals surface area contributed by atoms with Crippen molar-refractivity contribution in [2.45, 2.75) is 31.6 Å². The second kappa shape index (κ2) is 6.98. The van der Waals surface area contributed by atoms with Gasteiger partial charge >= 0.3 is 5.97 Å². The predicted octanol–water partition coefficient (Wildman–Crippen LogP) is 3.08. The van der Waals surface area contributed by atoms with Crippen LogP contribution in [0.25, 0.3) is 0 Å². The number of carboxylic acids is 1. The SMILES string of the molecule is O=C(O)/C=C/C(=O)C1CCC(c2ccc([N+](=O)[O-])cc2)CC1. The summed E-state index contributed by atoms with van der Waals surface area (Å²) in [4.78, 5) is 32.5. The average molecular weight is 303 g/mol. The molecular weight excluding hydrogens is 286 g/mol. The number of ketones is 1. The summed E-state index contributed by atoms with van der Waals surface area (Å²) in [5, 5.41) is 19.2. The maximum absolute atomic E-state index is 11.8. The minimum atomic E-state index is -1.12. The maximum atomic E-state index is 11.8. The molecule has 1 aromatic carbocycles. The minimum Gasteiger partial charge on any atom is -0.478 e. The number of hydrogen-bond donors (Lipinski definition) is 1. The van der Waals surface area contributed by atoms with Crippen LogP contribution in [0.15, 0.2) is 36.4 Å². The van der Waals surface area contributed by atoms with Gasteiger partial charge in [-0.2, -0.15) is 0 Å². The fourth-order valence-electron chi connectivity index (χ4n) is 2.87. The molecule has 0 bridgehead atoms. The van der Waals surface area contributed by atoms with Crippen LogP contribution in [0.4, 0.5) is 5.69 Å². The van der Waals surface area contributed by atoms with Crippen molar-refractivity contribution >= 4 is 17.4 Å². The van der Waals surface area contributed by atoms with Crippen molar-refractivity contribution in [1.82, 2.24) is 0 Å². The third-order valence-electron chi connectivity index (χ3n) is 4.10. The van der Waals surface area contributed by atoms with Crippen LogP contribution in [0.2, 0.25) is 0 Å². The van der Waals surface area contributed by atoms with Crippen LogP contribution in [-0.2, 0) is 9.59 Å². The van der Waals surface area contributed by atoms with Crippen LogP contribution in [0.3, 0.4) is 0 Å². The molecule has 0 atom stereocenters. The summed E-state index contributed by atoms with van der Waals surface area (Å²) in [6.07, 6.45) is 5.10. The van der Waals surface area contributed by atoms with Crippen LogP contribution in [0, 0.1) is 16.0 Å². The molecule has 1 saturated carbocycles. The Morgan fingerprint density at radius 2 is 1.68 bits per heavy atom. The van der Waals surface area contributed by atoms with Crippen LogP contribution in [-0.4, -0.2) is 21.8 Å². The maximum Gasteiger partial charge on any atom is 0.328 e. The number of carbonyl (C=O) groups is 2. The standard InChI is InChI=1S/C16H17NO5/c18-15(9-10-16(19)20)13-3-1-11(2-4-13)12-5-7-14(8-6-12)17(21)22/h5-11,13H,1-4H2,(H,19,20)/b10-9+. The minimum absolute atomic E-state index is 0.0754. The Balaban J connectivity index is 1.93.